The van der Waals surface area contributed by atoms with Gasteiger partial charge in [0.05, 0.1) is 28.5 Å². The van der Waals surface area contributed by atoms with Crippen LogP contribution >= 0.6 is 0 Å². The molecule has 0 bridgehead atoms. The lowest BCUT2D eigenvalue weighted by atomic mass is 10.0. The SMILES string of the molecule is CC(C)C[C@@H](NC(=O)[C@H]1CC(=O)N(c2n[nH]c3ccccc23)C1)c1nc2ccccc2n1C. The quantitative estimate of drug-likeness (QED) is 0.474. The number of carbonyl (C=O) groups is 2. The molecular formula is C25H28N6O2. The van der Waals surface area contributed by atoms with Gasteiger partial charge in [0.2, 0.25) is 11.8 Å². The highest BCUT2D eigenvalue weighted by Crippen LogP contribution is 2.31. The van der Waals surface area contributed by atoms with E-state index in [9.17, 15) is 9.59 Å². The van der Waals surface area contributed by atoms with Crippen LogP contribution in [0.3, 0.4) is 0 Å². The van der Waals surface area contributed by atoms with Crippen molar-refractivity contribution in [3.05, 3.63) is 54.4 Å². The predicted octanol–water partition coefficient (Wildman–Crippen LogP) is 3.71. The molecule has 1 fully saturated rings. The molecule has 33 heavy (non-hydrogen) atoms. The van der Waals surface area contributed by atoms with Gasteiger partial charge in [-0.05, 0) is 36.6 Å². The molecule has 8 heteroatoms. The second-order valence-electron chi connectivity index (χ2n) is 9.21. The fourth-order valence-electron chi connectivity index (χ4n) is 4.71. The maximum Gasteiger partial charge on any atom is 0.229 e. The van der Waals surface area contributed by atoms with Crippen LogP contribution in [0.2, 0.25) is 0 Å². The fourth-order valence-corrected chi connectivity index (χ4v) is 4.71. The largest absolute Gasteiger partial charge is 0.346 e. The van der Waals surface area contributed by atoms with Crippen molar-refractivity contribution >= 4 is 39.6 Å². The summed E-state index contributed by atoms with van der Waals surface area (Å²) >= 11 is 0. The zero-order valence-electron chi connectivity index (χ0n) is 19.1. The maximum absolute atomic E-state index is 13.3. The average Bonchev–Trinajstić information content (AvgIpc) is 3.48. The lowest BCUT2D eigenvalue weighted by Crippen LogP contribution is -2.37. The van der Waals surface area contributed by atoms with Crippen molar-refractivity contribution < 1.29 is 9.59 Å². The first-order valence-electron chi connectivity index (χ1n) is 11.4. The number of rotatable bonds is 6. The van der Waals surface area contributed by atoms with E-state index in [0.717, 1.165) is 34.2 Å². The van der Waals surface area contributed by atoms with Gasteiger partial charge in [-0.15, -0.1) is 0 Å². The minimum Gasteiger partial charge on any atom is -0.346 e. The highest BCUT2D eigenvalue weighted by Gasteiger charge is 2.38. The van der Waals surface area contributed by atoms with Crippen molar-refractivity contribution in [1.29, 1.82) is 0 Å². The van der Waals surface area contributed by atoms with Crippen LogP contribution in [0.15, 0.2) is 48.5 Å². The van der Waals surface area contributed by atoms with Crippen LogP contribution < -0.4 is 10.2 Å². The van der Waals surface area contributed by atoms with E-state index < -0.39 is 5.92 Å². The number of para-hydroxylation sites is 3. The Kier molecular flexibility index (Phi) is 5.36. The molecule has 2 aromatic carbocycles. The van der Waals surface area contributed by atoms with Crippen LogP contribution in [-0.2, 0) is 16.6 Å². The molecule has 3 heterocycles. The Bertz CT molecular complexity index is 1340. The third-order valence-corrected chi connectivity index (χ3v) is 6.36. The van der Waals surface area contributed by atoms with Gasteiger partial charge in [-0.1, -0.05) is 38.1 Å². The highest BCUT2D eigenvalue weighted by atomic mass is 16.2. The summed E-state index contributed by atoms with van der Waals surface area (Å²) in [5.74, 6) is 1.14. The Morgan fingerprint density at radius 1 is 1.18 bits per heavy atom. The normalized spacial score (nSPS) is 17.4. The molecule has 2 atom stereocenters. The molecule has 0 unspecified atom stereocenters. The molecule has 2 N–H and O–H groups in total. The first-order chi connectivity index (χ1) is 15.9. The Morgan fingerprint density at radius 2 is 1.94 bits per heavy atom. The van der Waals surface area contributed by atoms with Crippen molar-refractivity contribution in [2.24, 2.45) is 18.9 Å². The first-order valence-corrected chi connectivity index (χ1v) is 11.4. The third kappa shape index (κ3) is 3.86. The van der Waals surface area contributed by atoms with E-state index in [1.807, 2.05) is 60.1 Å². The summed E-state index contributed by atoms with van der Waals surface area (Å²) in [7, 11) is 1.98. The van der Waals surface area contributed by atoms with Gasteiger partial charge in [-0.25, -0.2) is 4.98 Å². The summed E-state index contributed by atoms with van der Waals surface area (Å²) in [6, 6.07) is 15.4. The topological polar surface area (TPSA) is 95.9 Å². The van der Waals surface area contributed by atoms with Crippen molar-refractivity contribution in [3.8, 4) is 0 Å². The van der Waals surface area contributed by atoms with Crippen LogP contribution in [0.5, 0.6) is 0 Å². The van der Waals surface area contributed by atoms with Crippen LogP contribution in [-0.4, -0.2) is 38.1 Å². The lowest BCUT2D eigenvalue weighted by Gasteiger charge is -2.22. The fraction of sp³-hybridized carbons (Fsp3) is 0.360. The number of imidazole rings is 1. The van der Waals surface area contributed by atoms with Gasteiger partial charge in [0.15, 0.2) is 5.82 Å². The van der Waals surface area contributed by atoms with Crippen molar-refractivity contribution in [2.75, 3.05) is 11.4 Å². The first kappa shape index (κ1) is 21.2. The molecule has 0 saturated carbocycles. The smallest absolute Gasteiger partial charge is 0.229 e. The summed E-state index contributed by atoms with van der Waals surface area (Å²) in [6.07, 6.45) is 0.932. The summed E-state index contributed by atoms with van der Waals surface area (Å²) in [5, 5.41) is 11.4. The molecule has 2 amide bonds. The van der Waals surface area contributed by atoms with Crippen molar-refractivity contribution in [3.63, 3.8) is 0 Å². The average molecular weight is 445 g/mol. The van der Waals surface area contributed by atoms with Gasteiger partial charge in [0, 0.05) is 25.4 Å². The number of nitrogens with one attached hydrogen (secondary N) is 2. The number of aromatic nitrogens is 4. The number of hydrogen-bond donors (Lipinski definition) is 2. The van der Waals surface area contributed by atoms with Crippen LogP contribution in [0.4, 0.5) is 5.82 Å². The van der Waals surface area contributed by atoms with E-state index in [1.54, 1.807) is 4.90 Å². The summed E-state index contributed by atoms with van der Waals surface area (Å²) < 4.78 is 2.05. The molecule has 0 radical (unpaired) electrons. The molecule has 8 nitrogen and oxygen atoms in total. The second kappa shape index (κ2) is 8.35. The number of carbonyl (C=O) groups excluding carboxylic acids is 2. The Labute approximate surface area is 192 Å². The van der Waals surface area contributed by atoms with Gasteiger partial charge in [0.25, 0.3) is 0 Å². The molecule has 1 aliphatic heterocycles. The molecule has 170 valence electrons. The van der Waals surface area contributed by atoms with E-state index in [2.05, 4.69) is 29.4 Å². The van der Waals surface area contributed by atoms with Gasteiger partial charge >= 0.3 is 0 Å². The number of benzene rings is 2. The Morgan fingerprint density at radius 3 is 2.73 bits per heavy atom. The summed E-state index contributed by atoms with van der Waals surface area (Å²) in [6.45, 7) is 4.58. The van der Waals surface area contributed by atoms with Gasteiger partial charge < -0.3 is 9.88 Å². The number of amides is 2. The van der Waals surface area contributed by atoms with Crippen LogP contribution in [0.1, 0.15) is 38.6 Å². The molecule has 2 aromatic heterocycles. The number of aromatic amines is 1. The Hall–Kier alpha value is -3.68. The number of anilines is 1. The van der Waals surface area contributed by atoms with E-state index in [1.165, 1.54) is 0 Å². The molecular weight excluding hydrogens is 416 g/mol. The van der Waals surface area contributed by atoms with E-state index in [0.29, 0.717) is 18.3 Å². The minimum absolute atomic E-state index is 0.0875. The zero-order valence-corrected chi connectivity index (χ0v) is 19.1. The molecule has 0 spiro atoms. The van der Waals surface area contributed by atoms with Gasteiger partial charge in [-0.2, -0.15) is 5.10 Å². The monoisotopic (exact) mass is 444 g/mol. The minimum atomic E-state index is -0.433. The second-order valence-corrected chi connectivity index (χ2v) is 9.21. The molecule has 4 aromatic rings. The van der Waals surface area contributed by atoms with Crippen LogP contribution in [0, 0.1) is 11.8 Å². The zero-order chi connectivity index (χ0) is 23.1. The number of hydrogen-bond acceptors (Lipinski definition) is 4. The maximum atomic E-state index is 13.3. The van der Waals surface area contributed by atoms with Crippen LogP contribution in [0.25, 0.3) is 21.9 Å². The predicted molar refractivity (Wildman–Crippen MR) is 128 cm³/mol. The Balaban J connectivity index is 1.37. The highest BCUT2D eigenvalue weighted by molar-refractivity contribution is 6.05. The van der Waals surface area contributed by atoms with Crippen molar-refractivity contribution in [2.45, 2.75) is 32.7 Å². The van der Waals surface area contributed by atoms with Gasteiger partial charge in [-0.3, -0.25) is 19.6 Å². The number of fused-ring (bicyclic) bond motifs is 2. The number of nitrogens with zero attached hydrogens (tertiary/aromatic N) is 4. The van der Waals surface area contributed by atoms with Crippen molar-refractivity contribution in [1.82, 2.24) is 25.1 Å². The molecule has 1 saturated heterocycles. The number of H-pyrrole nitrogens is 1. The molecule has 1 aliphatic rings. The number of aryl methyl sites for hydroxylation is 1. The summed E-state index contributed by atoms with van der Waals surface area (Å²) in [4.78, 5) is 32.5. The summed E-state index contributed by atoms with van der Waals surface area (Å²) in [5.41, 5.74) is 2.81. The van der Waals surface area contributed by atoms with E-state index in [4.69, 9.17) is 4.98 Å². The van der Waals surface area contributed by atoms with E-state index >= 15 is 0 Å². The molecule has 5 rings (SSSR count). The van der Waals surface area contributed by atoms with E-state index in [-0.39, 0.29) is 24.3 Å². The lowest BCUT2D eigenvalue weighted by molar-refractivity contribution is -0.127. The third-order valence-electron chi connectivity index (χ3n) is 6.36. The molecule has 0 aliphatic carbocycles. The van der Waals surface area contributed by atoms with Gasteiger partial charge in [0.1, 0.15) is 5.82 Å². The standard InChI is InChI=1S/C25H28N6O2/c1-15(2)12-20(24-26-19-10-6-7-11-21(19)30(24)3)27-25(33)16-13-22(32)31(14-16)23-17-8-4-5-9-18(17)28-29-23/h4-11,15-16,20H,12-14H2,1-3H3,(H,27,33)(H,28,29)/t16-,20+/m0/s1.